The maximum absolute atomic E-state index is 11.7. The molecular formula is C34H36ClN3O5. The van der Waals surface area contributed by atoms with Crippen molar-refractivity contribution in [2.45, 2.75) is 24.9 Å². The van der Waals surface area contributed by atoms with Crippen LogP contribution in [0.5, 0.6) is 0 Å². The molecule has 0 bridgehead atoms. The Morgan fingerprint density at radius 2 is 1.33 bits per heavy atom. The number of methoxy groups -OCH3 is 2. The number of nitrogens with zero attached hydrogens (tertiary/aromatic N) is 1. The van der Waals surface area contributed by atoms with E-state index in [1.165, 1.54) is 14.2 Å². The molecule has 0 saturated carbocycles. The molecule has 4 aromatic rings. The highest BCUT2D eigenvalue weighted by atomic mass is 35.5. The molecule has 43 heavy (non-hydrogen) atoms. The number of aliphatic hydroxyl groups excluding tert-OH is 1. The molecule has 1 atom stereocenters. The molecule has 0 aliphatic carbocycles. The molecule has 8 nitrogen and oxygen atoms in total. The second-order valence-corrected chi connectivity index (χ2v) is 10.5. The standard InChI is InChI=1S/C34H36ClN3O5/c1-42-33(40)36-29-15-11-25(12-16-29)31(26-13-17-30(18-14-26)37-34(41)43-2)19-20-38(22-24-7-4-3-5-8-24)32(23-39)27-9-6-10-28(35)21-27/h3-18,21,31-32,39H,19-20,22-23H2,1-2H3,(H,36,40)(H,37,41). The Hall–Kier alpha value is -4.37. The Morgan fingerprint density at radius 3 is 1.81 bits per heavy atom. The van der Waals surface area contributed by atoms with Gasteiger partial charge in [-0.3, -0.25) is 15.5 Å². The topological polar surface area (TPSA) is 100 Å². The van der Waals surface area contributed by atoms with Crippen LogP contribution in [0.3, 0.4) is 0 Å². The van der Waals surface area contributed by atoms with Gasteiger partial charge in [0.05, 0.1) is 26.9 Å². The highest BCUT2D eigenvalue weighted by molar-refractivity contribution is 6.30. The van der Waals surface area contributed by atoms with E-state index in [1.807, 2.05) is 91.0 Å². The second-order valence-electron chi connectivity index (χ2n) is 10.0. The summed E-state index contributed by atoms with van der Waals surface area (Å²) in [6.07, 6.45) is -0.353. The monoisotopic (exact) mass is 601 g/mol. The fourth-order valence-electron chi connectivity index (χ4n) is 5.06. The van der Waals surface area contributed by atoms with Crippen LogP contribution in [-0.4, -0.2) is 49.6 Å². The van der Waals surface area contributed by atoms with Gasteiger partial charge >= 0.3 is 12.2 Å². The zero-order valence-corrected chi connectivity index (χ0v) is 25.0. The molecule has 9 heteroatoms. The lowest BCUT2D eigenvalue weighted by Crippen LogP contribution is -2.32. The van der Waals surface area contributed by atoms with Crippen LogP contribution in [0, 0.1) is 0 Å². The van der Waals surface area contributed by atoms with E-state index in [1.54, 1.807) is 0 Å². The minimum atomic E-state index is -0.536. The van der Waals surface area contributed by atoms with Gasteiger partial charge in [-0.25, -0.2) is 9.59 Å². The van der Waals surface area contributed by atoms with Crippen LogP contribution < -0.4 is 10.6 Å². The summed E-state index contributed by atoms with van der Waals surface area (Å²) >= 11 is 6.34. The number of aliphatic hydroxyl groups is 1. The number of carbonyl (C=O) groups is 2. The summed E-state index contributed by atoms with van der Waals surface area (Å²) in [5.41, 5.74) is 5.42. The Bertz CT molecular complexity index is 1400. The first kappa shape index (κ1) is 31.6. The SMILES string of the molecule is COC(=O)Nc1ccc(C(CCN(Cc2ccccc2)C(CO)c2cccc(Cl)c2)c2ccc(NC(=O)OC)cc2)cc1. The number of carbonyl (C=O) groups excluding carboxylic acids is 2. The van der Waals surface area contributed by atoms with E-state index in [-0.39, 0.29) is 18.6 Å². The summed E-state index contributed by atoms with van der Waals surface area (Å²) in [4.78, 5) is 25.7. The van der Waals surface area contributed by atoms with Crippen molar-refractivity contribution in [1.29, 1.82) is 0 Å². The molecule has 0 spiro atoms. The Kier molecular flexibility index (Phi) is 11.6. The van der Waals surface area contributed by atoms with Crippen molar-refractivity contribution < 1.29 is 24.2 Å². The van der Waals surface area contributed by atoms with Gasteiger partial charge in [0.1, 0.15) is 0 Å². The van der Waals surface area contributed by atoms with Gasteiger partial charge in [0.2, 0.25) is 0 Å². The van der Waals surface area contributed by atoms with Crippen molar-refractivity contribution in [1.82, 2.24) is 4.90 Å². The average Bonchev–Trinajstić information content (AvgIpc) is 3.03. The first-order valence-electron chi connectivity index (χ1n) is 13.9. The molecule has 1 unspecified atom stereocenters. The van der Waals surface area contributed by atoms with Crippen molar-refractivity contribution in [3.8, 4) is 0 Å². The number of anilines is 2. The van der Waals surface area contributed by atoms with Crippen molar-refractivity contribution in [2.24, 2.45) is 0 Å². The third-order valence-electron chi connectivity index (χ3n) is 7.27. The zero-order chi connectivity index (χ0) is 30.6. The summed E-state index contributed by atoms with van der Waals surface area (Å²) in [5.74, 6) is -0.0312. The number of benzene rings is 4. The Morgan fingerprint density at radius 1 is 0.767 bits per heavy atom. The largest absolute Gasteiger partial charge is 0.453 e. The summed E-state index contributed by atoms with van der Waals surface area (Å²) in [6, 6.07) is 32.8. The fraction of sp³-hybridized carbons (Fsp3) is 0.235. The van der Waals surface area contributed by atoms with E-state index < -0.39 is 12.2 Å². The fourth-order valence-corrected chi connectivity index (χ4v) is 5.26. The van der Waals surface area contributed by atoms with Gasteiger partial charge in [0, 0.05) is 35.4 Å². The van der Waals surface area contributed by atoms with Gasteiger partial charge in [-0.05, 0) is 65.1 Å². The summed E-state index contributed by atoms with van der Waals surface area (Å²) in [7, 11) is 2.64. The van der Waals surface area contributed by atoms with Crippen LogP contribution >= 0.6 is 11.6 Å². The highest BCUT2D eigenvalue weighted by Gasteiger charge is 2.23. The first-order chi connectivity index (χ1) is 20.9. The molecular weight excluding hydrogens is 566 g/mol. The molecule has 0 aromatic heterocycles. The van der Waals surface area contributed by atoms with Crippen molar-refractivity contribution in [3.05, 3.63) is 130 Å². The third-order valence-corrected chi connectivity index (χ3v) is 7.51. The van der Waals surface area contributed by atoms with Gasteiger partial charge in [-0.15, -0.1) is 0 Å². The molecule has 4 rings (SSSR count). The lowest BCUT2D eigenvalue weighted by molar-refractivity contribution is 0.114. The lowest BCUT2D eigenvalue weighted by Gasteiger charge is -2.33. The van der Waals surface area contributed by atoms with Crippen molar-refractivity contribution in [2.75, 3.05) is 38.0 Å². The van der Waals surface area contributed by atoms with Crippen LogP contribution in [0.2, 0.25) is 5.02 Å². The molecule has 0 saturated heterocycles. The van der Waals surface area contributed by atoms with Gasteiger partial charge in [-0.1, -0.05) is 78.3 Å². The van der Waals surface area contributed by atoms with E-state index in [0.29, 0.717) is 29.5 Å². The maximum atomic E-state index is 11.7. The molecule has 0 aliphatic heterocycles. The van der Waals surface area contributed by atoms with E-state index >= 15 is 0 Å². The molecule has 0 fully saturated rings. The van der Waals surface area contributed by atoms with Gasteiger partial charge in [0.15, 0.2) is 0 Å². The minimum absolute atomic E-state index is 0.0312. The highest BCUT2D eigenvalue weighted by Crippen LogP contribution is 2.33. The van der Waals surface area contributed by atoms with Gasteiger partial charge in [-0.2, -0.15) is 0 Å². The number of halogens is 1. The molecule has 2 amide bonds. The van der Waals surface area contributed by atoms with E-state index in [9.17, 15) is 14.7 Å². The predicted octanol–water partition coefficient (Wildman–Crippen LogP) is 7.45. The predicted molar refractivity (Wildman–Crippen MR) is 170 cm³/mol. The first-order valence-corrected chi connectivity index (χ1v) is 14.3. The van der Waals surface area contributed by atoms with Crippen LogP contribution in [0.25, 0.3) is 0 Å². The number of nitrogens with one attached hydrogen (secondary N) is 2. The maximum Gasteiger partial charge on any atom is 0.411 e. The minimum Gasteiger partial charge on any atom is -0.453 e. The number of rotatable bonds is 12. The van der Waals surface area contributed by atoms with Crippen molar-refractivity contribution in [3.63, 3.8) is 0 Å². The molecule has 0 radical (unpaired) electrons. The Balaban J connectivity index is 1.65. The van der Waals surface area contributed by atoms with E-state index in [0.717, 1.165) is 28.7 Å². The normalized spacial score (nSPS) is 11.7. The van der Waals surface area contributed by atoms with Crippen molar-refractivity contribution >= 4 is 35.2 Å². The summed E-state index contributed by atoms with van der Waals surface area (Å²) in [6.45, 7) is 1.22. The zero-order valence-electron chi connectivity index (χ0n) is 24.2. The number of ether oxygens (including phenoxy) is 2. The van der Waals surface area contributed by atoms with Crippen LogP contribution in [-0.2, 0) is 16.0 Å². The summed E-state index contributed by atoms with van der Waals surface area (Å²) < 4.78 is 9.43. The molecule has 4 aromatic carbocycles. The van der Waals surface area contributed by atoms with Crippen LogP contribution in [0.1, 0.15) is 40.6 Å². The van der Waals surface area contributed by atoms with E-state index in [4.69, 9.17) is 21.1 Å². The van der Waals surface area contributed by atoms with Gasteiger partial charge in [0.25, 0.3) is 0 Å². The molecule has 0 heterocycles. The molecule has 224 valence electrons. The van der Waals surface area contributed by atoms with Crippen LogP contribution in [0.15, 0.2) is 103 Å². The third kappa shape index (κ3) is 9.06. The lowest BCUT2D eigenvalue weighted by atomic mass is 9.87. The molecule has 0 aliphatic rings. The van der Waals surface area contributed by atoms with E-state index in [2.05, 4.69) is 27.7 Å². The Labute approximate surface area is 257 Å². The summed E-state index contributed by atoms with van der Waals surface area (Å²) in [5, 5.41) is 16.6. The number of hydrogen-bond donors (Lipinski definition) is 3. The number of hydrogen-bond acceptors (Lipinski definition) is 6. The van der Waals surface area contributed by atoms with Gasteiger partial charge < -0.3 is 14.6 Å². The molecule has 3 N–H and O–H groups in total. The van der Waals surface area contributed by atoms with Crippen LogP contribution in [0.4, 0.5) is 21.0 Å². The smallest absolute Gasteiger partial charge is 0.411 e. The average molecular weight is 602 g/mol. The quantitative estimate of drug-likeness (QED) is 0.156. The second kappa shape index (κ2) is 15.7. The number of amides is 2.